The van der Waals surface area contributed by atoms with Crippen LogP contribution in [0.5, 0.6) is 0 Å². The summed E-state index contributed by atoms with van der Waals surface area (Å²) in [7, 11) is -3.90. The van der Waals surface area contributed by atoms with Crippen LogP contribution in [-0.4, -0.2) is 38.9 Å². The van der Waals surface area contributed by atoms with Crippen LogP contribution in [0.25, 0.3) is 0 Å². The monoisotopic (exact) mass is 317 g/mol. The van der Waals surface area contributed by atoms with Gasteiger partial charge in [0.2, 0.25) is 5.13 Å². The molecule has 11 heteroatoms. The van der Waals surface area contributed by atoms with Gasteiger partial charge in [-0.1, -0.05) is 16.5 Å². The lowest BCUT2D eigenvalue weighted by Gasteiger charge is -2.02. The number of hydrogen-bond donors (Lipinski definition) is 2. The first kappa shape index (κ1) is 14.4. The van der Waals surface area contributed by atoms with Crippen molar-refractivity contribution in [1.82, 2.24) is 19.4 Å². The van der Waals surface area contributed by atoms with Crippen molar-refractivity contribution < 1.29 is 18.3 Å². The molecule has 0 saturated heterocycles. The normalized spacial score (nSPS) is 11.4. The molecule has 0 unspecified atom stereocenters. The number of carboxylic acid groups (broad SMARTS) is 1. The Balaban J connectivity index is 2.36. The second-order valence-corrected chi connectivity index (χ2v) is 6.25. The topological polar surface area (TPSA) is 127 Å². The van der Waals surface area contributed by atoms with Gasteiger partial charge in [0.1, 0.15) is 10.6 Å². The van der Waals surface area contributed by atoms with Crippen molar-refractivity contribution in [1.29, 1.82) is 0 Å². The number of anilines is 1. The number of hydrogen-bond acceptors (Lipinski definition) is 7. The average Bonchev–Trinajstić information content (AvgIpc) is 2.98. The highest BCUT2D eigenvalue weighted by Gasteiger charge is 2.22. The predicted octanol–water partition coefficient (Wildman–Crippen LogP) is 0.644. The van der Waals surface area contributed by atoms with Gasteiger partial charge in [0.05, 0.1) is 0 Å². The second kappa shape index (κ2) is 5.54. The van der Waals surface area contributed by atoms with Crippen LogP contribution in [0.4, 0.5) is 5.13 Å². The molecule has 0 radical (unpaired) electrons. The van der Waals surface area contributed by atoms with Gasteiger partial charge in [-0.2, -0.15) is 0 Å². The summed E-state index contributed by atoms with van der Waals surface area (Å²) in [5.41, 5.74) is -0.0809. The molecular weight excluding hydrogens is 306 g/mol. The minimum atomic E-state index is -3.90. The number of sulfonamides is 1. The van der Waals surface area contributed by atoms with E-state index in [0.29, 0.717) is 13.0 Å². The highest BCUT2D eigenvalue weighted by Crippen LogP contribution is 2.19. The smallest absolute Gasteiger partial charge is 0.352 e. The molecule has 0 aliphatic rings. The van der Waals surface area contributed by atoms with E-state index in [1.54, 1.807) is 0 Å². The van der Waals surface area contributed by atoms with E-state index >= 15 is 0 Å². The molecule has 2 rings (SSSR count). The number of carboxylic acids is 1. The quantitative estimate of drug-likeness (QED) is 0.800. The number of aryl methyl sites for hydroxylation is 1. The van der Waals surface area contributed by atoms with Gasteiger partial charge >= 0.3 is 5.97 Å². The molecule has 2 heterocycles. The third-order valence-corrected chi connectivity index (χ3v) is 4.33. The van der Waals surface area contributed by atoms with Gasteiger partial charge in [-0.25, -0.2) is 13.2 Å². The van der Waals surface area contributed by atoms with E-state index in [2.05, 4.69) is 19.5 Å². The van der Waals surface area contributed by atoms with Crippen LogP contribution in [-0.2, 0) is 16.6 Å². The molecule has 0 aliphatic carbocycles. The molecule has 0 spiro atoms. The van der Waals surface area contributed by atoms with Gasteiger partial charge in [-0.05, 0) is 17.7 Å². The van der Waals surface area contributed by atoms with Gasteiger partial charge < -0.3 is 9.67 Å². The van der Waals surface area contributed by atoms with E-state index in [0.717, 1.165) is 17.6 Å². The molecule has 2 aromatic rings. The number of nitrogens with zero attached hydrogens (tertiary/aromatic N) is 4. The van der Waals surface area contributed by atoms with E-state index in [1.165, 1.54) is 10.8 Å². The van der Waals surface area contributed by atoms with E-state index in [-0.39, 0.29) is 15.7 Å². The molecule has 20 heavy (non-hydrogen) atoms. The summed E-state index contributed by atoms with van der Waals surface area (Å²) >= 11 is 0.786. The van der Waals surface area contributed by atoms with E-state index in [1.807, 2.05) is 6.92 Å². The number of aromatic carboxylic acids is 1. The first-order valence-electron chi connectivity index (χ1n) is 5.55. The van der Waals surface area contributed by atoms with E-state index in [4.69, 9.17) is 5.11 Å². The molecule has 0 aromatic carbocycles. The maximum absolute atomic E-state index is 12.1. The minimum Gasteiger partial charge on any atom is -0.477 e. The van der Waals surface area contributed by atoms with Crippen LogP contribution in [0, 0.1) is 0 Å². The van der Waals surface area contributed by atoms with Crippen molar-refractivity contribution in [3.63, 3.8) is 0 Å². The Labute approximate surface area is 118 Å². The zero-order valence-corrected chi connectivity index (χ0v) is 12.0. The lowest BCUT2D eigenvalue weighted by Crippen LogP contribution is -2.12. The number of carbonyl (C=O) groups is 1. The molecule has 2 aromatic heterocycles. The maximum atomic E-state index is 12.1. The third-order valence-electron chi connectivity index (χ3n) is 2.39. The highest BCUT2D eigenvalue weighted by molar-refractivity contribution is 7.93. The molecule has 0 amide bonds. The van der Waals surface area contributed by atoms with Crippen molar-refractivity contribution in [2.24, 2.45) is 0 Å². The Morgan fingerprint density at radius 3 is 2.85 bits per heavy atom. The molecule has 2 N–H and O–H groups in total. The number of nitrogens with one attached hydrogen (secondary N) is 1. The van der Waals surface area contributed by atoms with Gasteiger partial charge in [-0.15, -0.1) is 0 Å². The van der Waals surface area contributed by atoms with Crippen LogP contribution in [0.2, 0.25) is 0 Å². The number of aromatic nitrogens is 4. The molecule has 9 nitrogen and oxygen atoms in total. The number of rotatable bonds is 6. The Morgan fingerprint density at radius 2 is 2.30 bits per heavy atom. The maximum Gasteiger partial charge on any atom is 0.352 e. The summed E-state index contributed by atoms with van der Waals surface area (Å²) in [6.07, 6.45) is 1.96. The zero-order chi connectivity index (χ0) is 14.8. The Bertz CT molecular complexity index is 707. The van der Waals surface area contributed by atoms with Crippen LogP contribution in [0.15, 0.2) is 17.2 Å². The van der Waals surface area contributed by atoms with Crippen LogP contribution in [0.3, 0.4) is 0 Å². The van der Waals surface area contributed by atoms with Gasteiger partial charge in [0, 0.05) is 24.3 Å². The molecule has 0 aliphatic heterocycles. The fraction of sp³-hybridized carbons (Fsp3) is 0.333. The predicted molar refractivity (Wildman–Crippen MR) is 70.2 cm³/mol. The summed E-state index contributed by atoms with van der Waals surface area (Å²) < 4.78 is 31.2. The second-order valence-electron chi connectivity index (χ2n) is 3.83. The summed E-state index contributed by atoms with van der Waals surface area (Å²) in [6, 6.07) is 1.11. The fourth-order valence-corrected chi connectivity index (χ4v) is 3.21. The lowest BCUT2D eigenvalue weighted by atomic mass is 10.4. The van der Waals surface area contributed by atoms with Gasteiger partial charge in [0.25, 0.3) is 10.0 Å². The molecule has 0 fully saturated rings. The standard InChI is InChI=1S/C9H11N5O4S2/c1-2-3-14-5-6(4-7(14)8(15)16)20(17,18)11-9-10-12-13-19-9/h4-5H,2-3H2,1H3,(H,15,16)(H,10,11,13). The van der Waals surface area contributed by atoms with Crippen molar-refractivity contribution in [3.05, 3.63) is 18.0 Å². The average molecular weight is 317 g/mol. The first-order chi connectivity index (χ1) is 9.44. The van der Waals surface area contributed by atoms with Crippen molar-refractivity contribution in [2.45, 2.75) is 24.8 Å². The SMILES string of the molecule is CCCn1cc(S(=O)(=O)Nc2nnns2)cc1C(=O)O. The molecular formula is C9H11N5O4S2. The van der Waals surface area contributed by atoms with Crippen LogP contribution in [0.1, 0.15) is 23.8 Å². The highest BCUT2D eigenvalue weighted by atomic mass is 32.2. The summed E-state index contributed by atoms with van der Waals surface area (Å²) in [5.74, 6) is -1.18. The van der Waals surface area contributed by atoms with Gasteiger partial charge in [0.15, 0.2) is 0 Å². The lowest BCUT2D eigenvalue weighted by molar-refractivity contribution is 0.0685. The molecule has 108 valence electrons. The first-order valence-corrected chi connectivity index (χ1v) is 7.81. The zero-order valence-electron chi connectivity index (χ0n) is 10.3. The van der Waals surface area contributed by atoms with Crippen molar-refractivity contribution in [2.75, 3.05) is 4.72 Å². The summed E-state index contributed by atoms with van der Waals surface area (Å²) in [6.45, 7) is 2.28. The van der Waals surface area contributed by atoms with E-state index < -0.39 is 16.0 Å². The van der Waals surface area contributed by atoms with Crippen molar-refractivity contribution >= 4 is 32.7 Å². The van der Waals surface area contributed by atoms with Gasteiger partial charge in [-0.3, -0.25) is 4.72 Å². The van der Waals surface area contributed by atoms with Crippen LogP contribution >= 0.6 is 11.5 Å². The Hall–Kier alpha value is -2.01. The molecule has 0 atom stereocenters. The molecule has 0 bridgehead atoms. The summed E-state index contributed by atoms with van der Waals surface area (Å²) in [4.78, 5) is 10.9. The third kappa shape index (κ3) is 2.93. The largest absolute Gasteiger partial charge is 0.477 e. The van der Waals surface area contributed by atoms with E-state index in [9.17, 15) is 13.2 Å². The Morgan fingerprint density at radius 1 is 1.55 bits per heavy atom. The molecule has 0 saturated carbocycles. The summed E-state index contributed by atoms with van der Waals surface area (Å²) in [5, 5.41) is 15.8. The Kier molecular flexibility index (Phi) is 3.99. The minimum absolute atomic E-state index is 0.0186. The van der Waals surface area contributed by atoms with Crippen LogP contribution < -0.4 is 4.72 Å². The fourth-order valence-electron chi connectivity index (χ4n) is 1.58. The van der Waals surface area contributed by atoms with Crippen molar-refractivity contribution in [3.8, 4) is 0 Å².